The summed E-state index contributed by atoms with van der Waals surface area (Å²) in [6.07, 6.45) is 5.87. The van der Waals surface area contributed by atoms with Crippen LogP contribution in [0.25, 0.3) is 17.8 Å². The molecule has 0 saturated carbocycles. The highest BCUT2D eigenvalue weighted by Gasteiger charge is 2.17. The summed E-state index contributed by atoms with van der Waals surface area (Å²) in [5.41, 5.74) is 3.76. The van der Waals surface area contributed by atoms with Gasteiger partial charge in [-0.2, -0.15) is 5.10 Å². The van der Waals surface area contributed by atoms with Gasteiger partial charge in [-0.25, -0.2) is 9.50 Å². The molecule has 2 heterocycles. The van der Waals surface area contributed by atoms with Crippen LogP contribution in [-0.4, -0.2) is 25.5 Å². The predicted octanol–water partition coefficient (Wildman–Crippen LogP) is 4.55. The molecule has 0 aliphatic carbocycles. The van der Waals surface area contributed by atoms with Crippen molar-refractivity contribution >= 4 is 23.6 Å². The Morgan fingerprint density at radius 1 is 1.03 bits per heavy atom. The Labute approximate surface area is 175 Å². The average molecular weight is 397 g/mol. The molecule has 0 bridgehead atoms. The third-order valence-corrected chi connectivity index (χ3v) is 4.94. The molecule has 4 rings (SSSR count). The zero-order valence-electron chi connectivity index (χ0n) is 17.0. The van der Waals surface area contributed by atoms with E-state index in [2.05, 4.69) is 10.1 Å². The SMILES string of the molecule is CC(C)(O)c1ccc(C(=O)Cc2cc(/C=C/c3ccccc3)n3nccc3n2)cc1. The van der Waals surface area contributed by atoms with Gasteiger partial charge in [0, 0.05) is 11.6 Å². The second-order valence-electron chi connectivity index (χ2n) is 7.75. The van der Waals surface area contributed by atoms with E-state index in [0.29, 0.717) is 16.9 Å². The molecule has 1 N–H and O–H groups in total. The Morgan fingerprint density at radius 2 is 1.77 bits per heavy atom. The maximum absolute atomic E-state index is 12.8. The van der Waals surface area contributed by atoms with Crippen LogP contribution in [0.2, 0.25) is 0 Å². The first-order chi connectivity index (χ1) is 14.4. The zero-order chi connectivity index (χ0) is 21.1. The van der Waals surface area contributed by atoms with Crippen LogP contribution in [0.5, 0.6) is 0 Å². The van der Waals surface area contributed by atoms with Crippen molar-refractivity contribution in [2.75, 3.05) is 0 Å². The fourth-order valence-electron chi connectivity index (χ4n) is 3.28. The van der Waals surface area contributed by atoms with Gasteiger partial charge in [0.05, 0.1) is 29.6 Å². The Morgan fingerprint density at radius 3 is 2.47 bits per heavy atom. The fraction of sp³-hybridized carbons (Fsp3) is 0.160. The summed E-state index contributed by atoms with van der Waals surface area (Å²) >= 11 is 0. The lowest BCUT2D eigenvalue weighted by Crippen LogP contribution is -2.15. The molecular formula is C25H23N3O2. The van der Waals surface area contributed by atoms with Crippen LogP contribution >= 0.6 is 0 Å². The van der Waals surface area contributed by atoms with E-state index in [1.807, 2.05) is 54.6 Å². The van der Waals surface area contributed by atoms with E-state index in [0.717, 1.165) is 16.8 Å². The van der Waals surface area contributed by atoms with Gasteiger partial charge in [0.2, 0.25) is 0 Å². The molecular weight excluding hydrogens is 374 g/mol. The number of rotatable bonds is 6. The molecule has 5 heteroatoms. The summed E-state index contributed by atoms with van der Waals surface area (Å²) in [5, 5.41) is 14.4. The summed E-state index contributed by atoms with van der Waals surface area (Å²) in [4.78, 5) is 17.4. The molecule has 0 saturated heterocycles. The highest BCUT2D eigenvalue weighted by Crippen LogP contribution is 2.20. The van der Waals surface area contributed by atoms with E-state index in [1.54, 1.807) is 48.8 Å². The standard InChI is InChI=1S/C25H23N3O2/c1-25(2,30)20-11-9-19(10-12-20)23(29)17-21-16-22(28-24(27-21)14-15-26-28)13-8-18-6-4-3-5-7-18/h3-16,30H,17H2,1-2H3/b13-8+. The minimum Gasteiger partial charge on any atom is -0.386 e. The highest BCUT2D eigenvalue weighted by molar-refractivity contribution is 5.97. The Kier molecular flexibility index (Phi) is 5.29. The first-order valence-corrected chi connectivity index (χ1v) is 9.83. The number of hydrogen-bond donors (Lipinski definition) is 1. The molecule has 0 radical (unpaired) electrons. The van der Waals surface area contributed by atoms with E-state index >= 15 is 0 Å². The number of Topliss-reactive ketones (excluding diaryl/α,β-unsaturated/α-hetero) is 1. The van der Waals surface area contributed by atoms with E-state index in [-0.39, 0.29) is 12.2 Å². The number of hydrogen-bond acceptors (Lipinski definition) is 4. The molecule has 150 valence electrons. The summed E-state index contributed by atoms with van der Waals surface area (Å²) in [5.74, 6) is -0.0216. The molecule has 2 aromatic carbocycles. The van der Waals surface area contributed by atoms with Gasteiger partial charge in [0.25, 0.3) is 0 Å². The van der Waals surface area contributed by atoms with Crippen LogP contribution in [0.3, 0.4) is 0 Å². The smallest absolute Gasteiger partial charge is 0.168 e. The van der Waals surface area contributed by atoms with E-state index in [9.17, 15) is 9.90 Å². The molecule has 0 atom stereocenters. The molecule has 2 aromatic heterocycles. The number of aromatic nitrogens is 3. The Hall–Kier alpha value is -3.57. The minimum absolute atomic E-state index is 0.0216. The van der Waals surface area contributed by atoms with Gasteiger partial charge in [-0.15, -0.1) is 0 Å². The van der Waals surface area contributed by atoms with Crippen molar-refractivity contribution < 1.29 is 9.90 Å². The number of nitrogens with zero attached hydrogens (tertiary/aromatic N) is 3. The molecule has 5 nitrogen and oxygen atoms in total. The van der Waals surface area contributed by atoms with E-state index in [1.165, 1.54) is 0 Å². The monoisotopic (exact) mass is 397 g/mol. The van der Waals surface area contributed by atoms with Crippen LogP contribution in [0, 0.1) is 0 Å². The first-order valence-electron chi connectivity index (χ1n) is 9.83. The molecule has 0 spiro atoms. The number of carbonyl (C=O) groups is 1. The van der Waals surface area contributed by atoms with E-state index in [4.69, 9.17) is 0 Å². The van der Waals surface area contributed by atoms with E-state index < -0.39 is 5.60 Å². The highest BCUT2D eigenvalue weighted by atomic mass is 16.3. The van der Waals surface area contributed by atoms with Gasteiger partial charge in [0.15, 0.2) is 11.4 Å². The Balaban J connectivity index is 1.60. The second kappa shape index (κ2) is 8.05. The summed E-state index contributed by atoms with van der Waals surface area (Å²) in [7, 11) is 0. The van der Waals surface area contributed by atoms with Crippen molar-refractivity contribution in [3.63, 3.8) is 0 Å². The van der Waals surface area contributed by atoms with Crippen LogP contribution in [0.4, 0.5) is 0 Å². The normalized spacial score (nSPS) is 12.0. The largest absolute Gasteiger partial charge is 0.386 e. The van der Waals surface area contributed by atoms with Gasteiger partial charge < -0.3 is 5.11 Å². The maximum Gasteiger partial charge on any atom is 0.168 e. The molecule has 0 fully saturated rings. The topological polar surface area (TPSA) is 67.5 Å². The molecule has 0 unspecified atom stereocenters. The first kappa shape index (κ1) is 19.7. The lowest BCUT2D eigenvalue weighted by molar-refractivity contribution is 0.0784. The summed E-state index contributed by atoms with van der Waals surface area (Å²) in [6.45, 7) is 3.44. The van der Waals surface area contributed by atoms with Crippen molar-refractivity contribution in [1.82, 2.24) is 14.6 Å². The van der Waals surface area contributed by atoms with Crippen molar-refractivity contribution in [1.29, 1.82) is 0 Å². The summed E-state index contributed by atoms with van der Waals surface area (Å²) < 4.78 is 1.76. The third kappa shape index (κ3) is 4.36. The maximum atomic E-state index is 12.8. The molecule has 0 aliphatic rings. The molecule has 4 aromatic rings. The summed E-state index contributed by atoms with van der Waals surface area (Å²) in [6, 6.07) is 20.8. The van der Waals surface area contributed by atoms with Crippen LogP contribution in [0.15, 0.2) is 72.9 Å². The minimum atomic E-state index is -0.934. The third-order valence-electron chi connectivity index (χ3n) is 4.94. The van der Waals surface area contributed by atoms with Crippen LogP contribution in [0.1, 0.15) is 46.7 Å². The number of carbonyl (C=O) groups excluding carboxylic acids is 1. The molecule has 0 amide bonds. The Bertz CT molecular complexity index is 1200. The van der Waals surface area contributed by atoms with Gasteiger partial charge in [-0.3, -0.25) is 4.79 Å². The van der Waals surface area contributed by atoms with Gasteiger partial charge >= 0.3 is 0 Å². The quantitative estimate of drug-likeness (QED) is 0.485. The molecule has 30 heavy (non-hydrogen) atoms. The number of aliphatic hydroxyl groups is 1. The second-order valence-corrected chi connectivity index (χ2v) is 7.75. The van der Waals surface area contributed by atoms with Crippen LogP contribution < -0.4 is 0 Å². The van der Waals surface area contributed by atoms with Gasteiger partial charge in [-0.05, 0) is 37.1 Å². The number of benzene rings is 2. The van der Waals surface area contributed by atoms with Crippen molar-refractivity contribution in [2.24, 2.45) is 0 Å². The van der Waals surface area contributed by atoms with Crippen LogP contribution in [-0.2, 0) is 12.0 Å². The van der Waals surface area contributed by atoms with Gasteiger partial charge in [-0.1, -0.05) is 60.7 Å². The van der Waals surface area contributed by atoms with Crippen molar-refractivity contribution in [3.8, 4) is 0 Å². The average Bonchev–Trinajstić information content (AvgIpc) is 3.21. The predicted molar refractivity (Wildman–Crippen MR) is 118 cm³/mol. The lowest BCUT2D eigenvalue weighted by atomic mass is 9.96. The van der Waals surface area contributed by atoms with Crippen molar-refractivity contribution in [3.05, 3.63) is 101 Å². The lowest BCUT2D eigenvalue weighted by Gasteiger charge is -2.17. The number of ketones is 1. The zero-order valence-corrected chi connectivity index (χ0v) is 17.0. The number of fused-ring (bicyclic) bond motifs is 1. The van der Waals surface area contributed by atoms with Crippen molar-refractivity contribution in [2.45, 2.75) is 25.9 Å². The molecule has 0 aliphatic heterocycles. The van der Waals surface area contributed by atoms with Gasteiger partial charge in [0.1, 0.15) is 0 Å². The fourth-order valence-corrected chi connectivity index (χ4v) is 3.28.